The molecule has 0 aliphatic rings. The van der Waals surface area contributed by atoms with E-state index in [0.717, 1.165) is 11.3 Å². The van der Waals surface area contributed by atoms with Gasteiger partial charge >= 0.3 is 5.97 Å². The van der Waals surface area contributed by atoms with Crippen LogP contribution in [0.3, 0.4) is 0 Å². The van der Waals surface area contributed by atoms with Crippen molar-refractivity contribution in [3.8, 4) is 5.75 Å². The number of hydrogen-bond donors (Lipinski definition) is 3. The number of carbonyl (C=O) groups is 1. The van der Waals surface area contributed by atoms with Crippen molar-refractivity contribution in [2.45, 2.75) is 6.54 Å². The topological polar surface area (TPSA) is 97.5 Å². The summed E-state index contributed by atoms with van der Waals surface area (Å²) in [5, 5.41) is 13.3. The Labute approximate surface area is 138 Å². The largest absolute Gasteiger partial charge is 0.497 e. The maximum Gasteiger partial charge on any atom is 0.339 e. The van der Waals surface area contributed by atoms with Crippen molar-refractivity contribution in [3.05, 3.63) is 59.8 Å². The third-order valence-electron chi connectivity index (χ3n) is 3.79. The summed E-state index contributed by atoms with van der Waals surface area (Å²) in [6, 6.07) is 12.9. The molecule has 0 atom stereocenters. The first-order valence-corrected chi connectivity index (χ1v) is 7.37. The standard InChI is InChI=1S/C18H17N3O3/c1-24-12-7-5-11(6-8-12)9-20-16-13-3-2-4-15(19)17(13)21-10-14(16)18(22)23/h2-8,10H,9,19H2,1H3,(H,20,21)(H,22,23). The van der Waals surface area contributed by atoms with Gasteiger partial charge in [-0.25, -0.2) is 4.79 Å². The Hall–Kier alpha value is -3.28. The van der Waals surface area contributed by atoms with Gasteiger partial charge in [0, 0.05) is 18.1 Å². The van der Waals surface area contributed by atoms with Crippen molar-refractivity contribution in [3.63, 3.8) is 0 Å². The Morgan fingerprint density at radius 2 is 2.00 bits per heavy atom. The molecule has 3 rings (SSSR count). The van der Waals surface area contributed by atoms with Gasteiger partial charge in [-0.3, -0.25) is 4.98 Å². The number of ether oxygens (including phenoxy) is 1. The Morgan fingerprint density at radius 1 is 1.25 bits per heavy atom. The van der Waals surface area contributed by atoms with Crippen molar-refractivity contribution >= 4 is 28.2 Å². The molecule has 0 fully saturated rings. The molecule has 6 nitrogen and oxygen atoms in total. The predicted molar refractivity (Wildman–Crippen MR) is 93.4 cm³/mol. The molecular weight excluding hydrogens is 306 g/mol. The van der Waals surface area contributed by atoms with E-state index in [9.17, 15) is 9.90 Å². The van der Waals surface area contributed by atoms with Gasteiger partial charge < -0.3 is 20.9 Å². The van der Waals surface area contributed by atoms with Crippen molar-refractivity contribution in [2.75, 3.05) is 18.2 Å². The molecule has 2 aromatic carbocycles. The van der Waals surface area contributed by atoms with Crippen LogP contribution < -0.4 is 15.8 Å². The third-order valence-corrected chi connectivity index (χ3v) is 3.79. The number of benzene rings is 2. The molecule has 0 unspecified atom stereocenters. The van der Waals surface area contributed by atoms with Crippen LogP contribution in [0.25, 0.3) is 10.9 Å². The number of fused-ring (bicyclic) bond motifs is 1. The monoisotopic (exact) mass is 323 g/mol. The first kappa shape index (κ1) is 15.6. The van der Waals surface area contributed by atoms with Gasteiger partial charge in [-0.05, 0) is 23.8 Å². The molecular formula is C18H17N3O3. The summed E-state index contributed by atoms with van der Waals surface area (Å²) < 4.78 is 5.13. The van der Waals surface area contributed by atoms with Gasteiger partial charge in [-0.1, -0.05) is 24.3 Å². The number of nitrogens with two attached hydrogens (primary N) is 1. The number of nitrogens with zero attached hydrogens (tertiary/aromatic N) is 1. The van der Waals surface area contributed by atoms with Crippen LogP contribution in [0.15, 0.2) is 48.7 Å². The predicted octanol–water partition coefficient (Wildman–Crippen LogP) is 3.14. The smallest absolute Gasteiger partial charge is 0.339 e. The third kappa shape index (κ3) is 2.94. The number of carboxylic acids is 1. The summed E-state index contributed by atoms with van der Waals surface area (Å²) in [5.74, 6) is -0.267. The highest BCUT2D eigenvalue weighted by Gasteiger charge is 2.15. The van der Waals surface area contributed by atoms with Crippen LogP contribution in [0, 0.1) is 0 Å². The summed E-state index contributed by atoms with van der Waals surface area (Å²) in [4.78, 5) is 15.7. The van der Waals surface area contributed by atoms with E-state index in [4.69, 9.17) is 10.5 Å². The molecule has 4 N–H and O–H groups in total. The van der Waals surface area contributed by atoms with E-state index in [2.05, 4.69) is 10.3 Å². The van der Waals surface area contributed by atoms with E-state index in [1.54, 1.807) is 19.2 Å². The molecule has 0 amide bonds. The quantitative estimate of drug-likeness (QED) is 0.624. The second-order valence-corrected chi connectivity index (χ2v) is 5.30. The summed E-state index contributed by atoms with van der Waals surface area (Å²) >= 11 is 0. The zero-order valence-electron chi connectivity index (χ0n) is 13.1. The number of hydrogen-bond acceptors (Lipinski definition) is 5. The summed E-state index contributed by atoms with van der Waals surface area (Å²) in [6.45, 7) is 0.470. The second kappa shape index (κ2) is 6.45. The molecule has 0 radical (unpaired) electrons. The maximum atomic E-state index is 11.5. The molecule has 0 saturated carbocycles. The fourth-order valence-corrected chi connectivity index (χ4v) is 2.53. The van der Waals surface area contributed by atoms with Crippen molar-refractivity contribution in [1.82, 2.24) is 4.98 Å². The Balaban J connectivity index is 1.98. The van der Waals surface area contributed by atoms with Crippen LogP contribution >= 0.6 is 0 Å². The number of methoxy groups -OCH3 is 1. The lowest BCUT2D eigenvalue weighted by molar-refractivity contribution is 0.0697. The molecule has 6 heteroatoms. The second-order valence-electron chi connectivity index (χ2n) is 5.30. The number of nitrogen functional groups attached to an aromatic ring is 1. The summed E-state index contributed by atoms with van der Waals surface area (Å²) in [6.07, 6.45) is 1.33. The average molecular weight is 323 g/mol. The number of anilines is 2. The lowest BCUT2D eigenvalue weighted by Crippen LogP contribution is -2.08. The molecule has 3 aromatic rings. The minimum atomic E-state index is -1.04. The van der Waals surface area contributed by atoms with Crippen LogP contribution in [-0.2, 0) is 6.54 Å². The summed E-state index contributed by atoms with van der Waals surface area (Å²) in [5.41, 5.74) is 8.66. The molecule has 0 spiro atoms. The van der Waals surface area contributed by atoms with Gasteiger partial charge in [-0.15, -0.1) is 0 Å². The first-order chi connectivity index (χ1) is 11.6. The zero-order valence-corrected chi connectivity index (χ0v) is 13.1. The van der Waals surface area contributed by atoms with E-state index in [-0.39, 0.29) is 5.56 Å². The van der Waals surface area contributed by atoms with E-state index >= 15 is 0 Å². The minimum Gasteiger partial charge on any atom is -0.497 e. The highest BCUT2D eigenvalue weighted by Crippen LogP contribution is 2.29. The zero-order chi connectivity index (χ0) is 17.1. The van der Waals surface area contributed by atoms with Crippen molar-refractivity contribution in [1.29, 1.82) is 0 Å². The maximum absolute atomic E-state index is 11.5. The molecule has 24 heavy (non-hydrogen) atoms. The number of nitrogens with one attached hydrogen (secondary N) is 1. The summed E-state index contributed by atoms with van der Waals surface area (Å²) in [7, 11) is 1.61. The van der Waals surface area contributed by atoms with Crippen LogP contribution in [0.2, 0.25) is 0 Å². The molecule has 0 bridgehead atoms. The Bertz CT molecular complexity index is 892. The number of aromatic nitrogens is 1. The van der Waals surface area contributed by atoms with Gasteiger partial charge in [0.15, 0.2) is 0 Å². The number of pyridine rings is 1. The van der Waals surface area contributed by atoms with Gasteiger partial charge in [0.05, 0.1) is 24.0 Å². The van der Waals surface area contributed by atoms with Crippen LogP contribution in [0.4, 0.5) is 11.4 Å². The number of carboxylic acid groups (broad SMARTS) is 1. The molecule has 0 aliphatic heterocycles. The normalized spacial score (nSPS) is 10.5. The Morgan fingerprint density at radius 3 is 2.67 bits per heavy atom. The van der Waals surface area contributed by atoms with Crippen LogP contribution in [-0.4, -0.2) is 23.2 Å². The highest BCUT2D eigenvalue weighted by molar-refractivity contribution is 6.06. The van der Waals surface area contributed by atoms with Crippen LogP contribution in [0.5, 0.6) is 5.75 Å². The first-order valence-electron chi connectivity index (χ1n) is 7.37. The van der Waals surface area contributed by atoms with Crippen molar-refractivity contribution in [2.24, 2.45) is 0 Å². The minimum absolute atomic E-state index is 0.113. The Kier molecular flexibility index (Phi) is 4.20. The number of rotatable bonds is 5. The van der Waals surface area contributed by atoms with E-state index in [1.807, 2.05) is 30.3 Å². The van der Waals surface area contributed by atoms with Crippen molar-refractivity contribution < 1.29 is 14.6 Å². The number of aromatic carboxylic acids is 1. The fraction of sp³-hybridized carbons (Fsp3) is 0.111. The van der Waals surface area contributed by atoms with Gasteiger partial charge in [-0.2, -0.15) is 0 Å². The molecule has 1 aromatic heterocycles. The average Bonchev–Trinajstić information content (AvgIpc) is 2.60. The van der Waals surface area contributed by atoms with Crippen LogP contribution in [0.1, 0.15) is 15.9 Å². The van der Waals surface area contributed by atoms with Gasteiger partial charge in [0.1, 0.15) is 11.3 Å². The SMILES string of the molecule is COc1ccc(CNc2c(C(=O)O)cnc3c(N)cccc23)cc1. The molecule has 1 heterocycles. The fourth-order valence-electron chi connectivity index (χ4n) is 2.53. The highest BCUT2D eigenvalue weighted by atomic mass is 16.5. The van der Waals surface area contributed by atoms with E-state index in [0.29, 0.717) is 28.8 Å². The lowest BCUT2D eigenvalue weighted by atomic mass is 10.1. The van der Waals surface area contributed by atoms with Gasteiger partial charge in [0.25, 0.3) is 0 Å². The van der Waals surface area contributed by atoms with Gasteiger partial charge in [0.2, 0.25) is 0 Å². The lowest BCUT2D eigenvalue weighted by Gasteiger charge is -2.13. The number of para-hydroxylation sites is 1. The molecule has 122 valence electrons. The van der Waals surface area contributed by atoms with E-state index in [1.165, 1.54) is 6.20 Å². The molecule has 0 aliphatic carbocycles. The van der Waals surface area contributed by atoms with E-state index < -0.39 is 5.97 Å². The molecule has 0 saturated heterocycles.